The minimum absolute atomic E-state index is 0.0260. The van der Waals surface area contributed by atoms with Gasteiger partial charge in [0, 0.05) is 19.0 Å². The summed E-state index contributed by atoms with van der Waals surface area (Å²) in [6, 6.07) is 10.9. The lowest BCUT2D eigenvalue weighted by Crippen LogP contribution is -2.30. The van der Waals surface area contributed by atoms with Crippen LogP contribution >= 0.6 is 0 Å². The molecule has 1 aliphatic heterocycles. The summed E-state index contributed by atoms with van der Waals surface area (Å²) in [5.74, 6) is -0.865. The number of sulfonamides is 1. The minimum Gasteiger partial charge on any atom is -0.372 e. The molecule has 8 heteroatoms. The average molecular weight is 374 g/mol. The molecule has 0 saturated carbocycles. The Hall–Kier alpha value is -2.71. The van der Waals surface area contributed by atoms with Crippen LogP contribution in [0.2, 0.25) is 0 Å². The lowest BCUT2D eigenvalue weighted by atomic mass is 10.1. The normalized spacial score (nSPS) is 13.1. The van der Waals surface area contributed by atoms with Crippen molar-refractivity contribution in [3.05, 3.63) is 64.7 Å². The van der Waals surface area contributed by atoms with Gasteiger partial charge in [-0.25, -0.2) is 13.1 Å². The van der Waals surface area contributed by atoms with Gasteiger partial charge in [0.2, 0.25) is 5.91 Å². The Morgan fingerprint density at radius 3 is 2.42 bits per heavy atom. The first-order valence-corrected chi connectivity index (χ1v) is 9.43. The van der Waals surface area contributed by atoms with E-state index >= 15 is 0 Å². The van der Waals surface area contributed by atoms with Gasteiger partial charge in [0.05, 0.1) is 18.1 Å². The second kappa shape index (κ2) is 7.27. The summed E-state index contributed by atoms with van der Waals surface area (Å²) >= 11 is 0. The Balaban J connectivity index is 1.72. The summed E-state index contributed by atoms with van der Waals surface area (Å²) in [5, 5.41) is 2.63. The number of carbonyl (C=O) groups excluding carboxylic acids is 2. The van der Waals surface area contributed by atoms with Crippen LogP contribution in [0.1, 0.15) is 34.0 Å². The highest BCUT2D eigenvalue weighted by atomic mass is 32.2. The molecule has 2 aromatic carbocycles. The average Bonchev–Trinajstić information content (AvgIpc) is 3.07. The van der Waals surface area contributed by atoms with Crippen LogP contribution in [-0.2, 0) is 39.3 Å². The Morgan fingerprint density at radius 2 is 1.73 bits per heavy atom. The van der Waals surface area contributed by atoms with Crippen LogP contribution in [0.5, 0.6) is 0 Å². The summed E-state index contributed by atoms with van der Waals surface area (Å²) in [6.45, 7) is 2.62. The quantitative estimate of drug-likeness (QED) is 0.825. The van der Waals surface area contributed by atoms with Crippen molar-refractivity contribution in [2.45, 2.75) is 31.6 Å². The molecule has 7 nitrogen and oxygen atoms in total. The van der Waals surface area contributed by atoms with Gasteiger partial charge in [-0.05, 0) is 41.0 Å². The van der Waals surface area contributed by atoms with Crippen molar-refractivity contribution in [2.75, 3.05) is 0 Å². The van der Waals surface area contributed by atoms with E-state index in [2.05, 4.69) is 10.0 Å². The van der Waals surface area contributed by atoms with E-state index in [1.165, 1.54) is 19.1 Å². The zero-order chi connectivity index (χ0) is 18.7. The zero-order valence-electron chi connectivity index (χ0n) is 14.1. The number of amides is 2. The fraction of sp³-hybridized carbons (Fsp3) is 0.222. The van der Waals surface area contributed by atoms with Crippen LogP contribution in [0.3, 0.4) is 0 Å². The predicted molar refractivity (Wildman–Crippen MR) is 93.5 cm³/mol. The van der Waals surface area contributed by atoms with E-state index in [1.54, 1.807) is 30.3 Å². The summed E-state index contributed by atoms with van der Waals surface area (Å²) in [6.07, 6.45) is 0. The van der Waals surface area contributed by atoms with Gasteiger partial charge in [-0.3, -0.25) is 9.59 Å². The van der Waals surface area contributed by atoms with Crippen molar-refractivity contribution in [2.24, 2.45) is 0 Å². The number of rotatable bonds is 5. The standard InChI is InChI=1S/C18H18N2O5S/c1-12(21)19-9-13-2-6-17(7-3-13)26(23,24)20-18(22)14-4-5-15-10-25-11-16(15)8-14/h2-8H,9-11H2,1H3,(H,19,21)(H,20,22). The highest BCUT2D eigenvalue weighted by Gasteiger charge is 2.20. The first-order valence-electron chi connectivity index (χ1n) is 7.95. The summed E-state index contributed by atoms with van der Waals surface area (Å²) in [4.78, 5) is 23.2. The second-order valence-corrected chi connectivity index (χ2v) is 7.65. The van der Waals surface area contributed by atoms with Gasteiger partial charge in [0.15, 0.2) is 0 Å². The lowest BCUT2D eigenvalue weighted by molar-refractivity contribution is -0.119. The second-order valence-electron chi connectivity index (χ2n) is 5.96. The number of fused-ring (bicyclic) bond motifs is 1. The van der Waals surface area contributed by atoms with Crippen LogP contribution in [0.25, 0.3) is 0 Å². The summed E-state index contributed by atoms with van der Waals surface area (Å²) < 4.78 is 32.2. The molecular weight excluding hydrogens is 356 g/mol. The summed E-state index contributed by atoms with van der Waals surface area (Å²) in [7, 11) is -3.99. The van der Waals surface area contributed by atoms with Crippen molar-refractivity contribution in [3.8, 4) is 0 Å². The smallest absolute Gasteiger partial charge is 0.265 e. The van der Waals surface area contributed by atoms with Crippen LogP contribution in [0, 0.1) is 0 Å². The van der Waals surface area contributed by atoms with E-state index in [1.807, 2.05) is 0 Å². The van der Waals surface area contributed by atoms with Crippen LogP contribution in [0.4, 0.5) is 0 Å². The number of carbonyl (C=O) groups is 2. The Morgan fingerprint density at radius 1 is 1.04 bits per heavy atom. The predicted octanol–water partition coefficient (Wildman–Crippen LogP) is 1.47. The van der Waals surface area contributed by atoms with Gasteiger partial charge in [-0.2, -0.15) is 0 Å². The van der Waals surface area contributed by atoms with Gasteiger partial charge in [-0.1, -0.05) is 18.2 Å². The highest BCUT2D eigenvalue weighted by Crippen LogP contribution is 2.21. The van der Waals surface area contributed by atoms with E-state index in [9.17, 15) is 18.0 Å². The van der Waals surface area contributed by atoms with E-state index in [-0.39, 0.29) is 16.4 Å². The molecule has 136 valence electrons. The molecule has 0 saturated heterocycles. The molecule has 1 aliphatic rings. The van der Waals surface area contributed by atoms with E-state index in [0.717, 1.165) is 16.7 Å². The maximum Gasteiger partial charge on any atom is 0.265 e. The molecule has 3 rings (SSSR count). The van der Waals surface area contributed by atoms with Crippen LogP contribution in [0.15, 0.2) is 47.4 Å². The molecule has 2 amide bonds. The SMILES string of the molecule is CC(=O)NCc1ccc(S(=O)(=O)NC(=O)c2ccc3c(c2)COC3)cc1. The molecule has 26 heavy (non-hydrogen) atoms. The topological polar surface area (TPSA) is 102 Å². The van der Waals surface area contributed by atoms with E-state index < -0.39 is 15.9 Å². The molecule has 0 spiro atoms. The third kappa shape index (κ3) is 4.09. The fourth-order valence-corrected chi connectivity index (χ4v) is 3.54. The number of hydrogen-bond donors (Lipinski definition) is 2. The maximum absolute atomic E-state index is 12.4. The van der Waals surface area contributed by atoms with Crippen molar-refractivity contribution >= 4 is 21.8 Å². The van der Waals surface area contributed by atoms with Crippen LogP contribution in [-0.4, -0.2) is 20.2 Å². The lowest BCUT2D eigenvalue weighted by Gasteiger charge is -2.09. The highest BCUT2D eigenvalue weighted by molar-refractivity contribution is 7.90. The van der Waals surface area contributed by atoms with Gasteiger partial charge >= 0.3 is 0 Å². The fourth-order valence-electron chi connectivity index (χ4n) is 2.57. The Labute approximate surface area is 151 Å². The third-order valence-corrected chi connectivity index (χ3v) is 5.33. The van der Waals surface area contributed by atoms with Gasteiger partial charge in [0.1, 0.15) is 0 Å². The minimum atomic E-state index is -3.99. The van der Waals surface area contributed by atoms with E-state index in [0.29, 0.717) is 19.8 Å². The zero-order valence-corrected chi connectivity index (χ0v) is 14.9. The molecule has 2 N–H and O–H groups in total. The van der Waals surface area contributed by atoms with Gasteiger partial charge < -0.3 is 10.1 Å². The van der Waals surface area contributed by atoms with Crippen molar-refractivity contribution in [1.29, 1.82) is 0 Å². The maximum atomic E-state index is 12.4. The molecule has 0 radical (unpaired) electrons. The van der Waals surface area contributed by atoms with Gasteiger partial charge in [0.25, 0.3) is 15.9 Å². The molecule has 0 bridgehead atoms. The Kier molecular flexibility index (Phi) is 5.06. The molecule has 2 aromatic rings. The molecule has 0 unspecified atom stereocenters. The first kappa shape index (κ1) is 18.1. The van der Waals surface area contributed by atoms with Crippen molar-refractivity contribution in [1.82, 2.24) is 10.0 Å². The van der Waals surface area contributed by atoms with Crippen molar-refractivity contribution < 1.29 is 22.7 Å². The molecule has 0 aromatic heterocycles. The largest absolute Gasteiger partial charge is 0.372 e. The molecule has 0 aliphatic carbocycles. The molecular formula is C18H18N2O5S. The monoisotopic (exact) mass is 374 g/mol. The number of ether oxygens (including phenoxy) is 1. The molecule has 1 heterocycles. The molecule has 0 fully saturated rings. The van der Waals surface area contributed by atoms with Crippen LogP contribution < -0.4 is 10.0 Å². The van der Waals surface area contributed by atoms with E-state index in [4.69, 9.17) is 4.74 Å². The number of hydrogen-bond acceptors (Lipinski definition) is 5. The summed E-state index contributed by atoms with van der Waals surface area (Å²) in [5.41, 5.74) is 2.90. The first-order chi connectivity index (χ1) is 12.3. The third-order valence-electron chi connectivity index (χ3n) is 3.99. The van der Waals surface area contributed by atoms with Crippen molar-refractivity contribution in [3.63, 3.8) is 0 Å². The number of nitrogens with one attached hydrogen (secondary N) is 2. The Bertz CT molecular complexity index is 952. The molecule has 0 atom stereocenters. The van der Waals surface area contributed by atoms with Gasteiger partial charge in [-0.15, -0.1) is 0 Å². The number of benzene rings is 2.